The Morgan fingerprint density at radius 2 is 1.27 bits per heavy atom. The van der Waals surface area contributed by atoms with Gasteiger partial charge in [0.05, 0.1) is 25.3 Å². The molecular weight excluding hydrogens is 424 g/mol. The van der Waals surface area contributed by atoms with E-state index in [1.54, 1.807) is 26.4 Å². The lowest BCUT2D eigenvalue weighted by Crippen LogP contribution is -2.20. The van der Waals surface area contributed by atoms with Gasteiger partial charge in [0.25, 0.3) is 0 Å². The number of rotatable bonds is 9. The molecule has 176 valence electrons. The van der Waals surface area contributed by atoms with Crippen LogP contribution in [0, 0.1) is 11.6 Å². The Hall–Kier alpha value is -3.06. The fourth-order valence-electron chi connectivity index (χ4n) is 4.71. The van der Waals surface area contributed by atoms with Crippen LogP contribution in [0.25, 0.3) is 21.8 Å². The van der Waals surface area contributed by atoms with Crippen molar-refractivity contribution in [3.05, 3.63) is 59.4 Å². The van der Waals surface area contributed by atoms with E-state index in [-0.39, 0.29) is 11.6 Å². The fourth-order valence-corrected chi connectivity index (χ4v) is 4.71. The van der Waals surface area contributed by atoms with Crippen molar-refractivity contribution >= 4 is 21.8 Å². The zero-order valence-electron chi connectivity index (χ0n) is 19.9. The predicted octanol–water partition coefficient (Wildman–Crippen LogP) is 5.61. The minimum absolute atomic E-state index is 0.298. The summed E-state index contributed by atoms with van der Waals surface area (Å²) in [6, 6.07) is 6.02. The lowest BCUT2D eigenvalue weighted by Gasteiger charge is -2.17. The average Bonchev–Trinajstić information content (AvgIpc) is 3.34. The molecule has 4 aromatic rings. The fraction of sp³-hybridized carbons (Fsp3) is 0.385. The highest BCUT2D eigenvalue weighted by Crippen LogP contribution is 2.34. The van der Waals surface area contributed by atoms with Crippen molar-refractivity contribution in [2.24, 2.45) is 0 Å². The molecule has 0 aliphatic carbocycles. The number of benzene rings is 2. The lowest BCUT2D eigenvalue weighted by molar-refractivity contribution is 0.331. The molecule has 0 atom stereocenters. The van der Waals surface area contributed by atoms with E-state index < -0.39 is 0 Å². The van der Waals surface area contributed by atoms with Crippen LogP contribution in [0.3, 0.4) is 0 Å². The van der Waals surface area contributed by atoms with Crippen LogP contribution in [-0.4, -0.2) is 41.8 Å². The number of nitrogens with zero attached hydrogens (tertiary/aromatic N) is 3. The second-order valence-corrected chi connectivity index (χ2v) is 8.37. The van der Waals surface area contributed by atoms with Crippen molar-refractivity contribution in [2.45, 2.75) is 39.9 Å². The van der Waals surface area contributed by atoms with Gasteiger partial charge < -0.3 is 23.5 Å². The van der Waals surface area contributed by atoms with Crippen LogP contribution in [0.15, 0.2) is 36.7 Å². The molecule has 33 heavy (non-hydrogen) atoms. The molecule has 0 radical (unpaired) electrons. The summed E-state index contributed by atoms with van der Waals surface area (Å²) in [4.78, 5) is 2.24. The highest BCUT2D eigenvalue weighted by Gasteiger charge is 2.18. The summed E-state index contributed by atoms with van der Waals surface area (Å²) in [5.41, 5.74) is 3.92. The molecule has 2 heterocycles. The Morgan fingerprint density at radius 1 is 0.788 bits per heavy atom. The SMILES string of the molecule is CCn1cc(CCN(C)Cc2cn(CC)c3cc(F)cc(OC)c23)c2c(OC)cc(F)cc21. The molecule has 0 saturated carbocycles. The van der Waals surface area contributed by atoms with Crippen LogP contribution in [0.2, 0.25) is 0 Å². The summed E-state index contributed by atoms with van der Waals surface area (Å²) in [5.74, 6) is 0.518. The normalized spacial score (nSPS) is 11.8. The van der Waals surface area contributed by atoms with Crippen molar-refractivity contribution in [3.63, 3.8) is 0 Å². The van der Waals surface area contributed by atoms with Gasteiger partial charge in [-0.2, -0.15) is 0 Å². The highest BCUT2D eigenvalue weighted by atomic mass is 19.1. The van der Waals surface area contributed by atoms with Crippen molar-refractivity contribution in [2.75, 3.05) is 27.8 Å². The third kappa shape index (κ3) is 4.29. The van der Waals surface area contributed by atoms with Gasteiger partial charge in [-0.05, 0) is 50.6 Å². The van der Waals surface area contributed by atoms with E-state index in [2.05, 4.69) is 33.5 Å². The Bertz CT molecular complexity index is 1290. The molecule has 5 nitrogen and oxygen atoms in total. The third-order valence-corrected chi connectivity index (χ3v) is 6.30. The number of hydrogen-bond donors (Lipinski definition) is 0. The first-order valence-electron chi connectivity index (χ1n) is 11.3. The molecule has 2 aromatic heterocycles. The van der Waals surface area contributed by atoms with Gasteiger partial charge in [0.15, 0.2) is 0 Å². The maximum absolute atomic E-state index is 14.1. The van der Waals surface area contributed by atoms with E-state index in [0.29, 0.717) is 18.0 Å². The Morgan fingerprint density at radius 3 is 1.76 bits per heavy atom. The number of ether oxygens (including phenoxy) is 2. The van der Waals surface area contributed by atoms with E-state index in [9.17, 15) is 8.78 Å². The first kappa shape index (κ1) is 23.1. The van der Waals surface area contributed by atoms with Gasteiger partial charge in [0.1, 0.15) is 23.1 Å². The molecule has 0 bridgehead atoms. The van der Waals surface area contributed by atoms with E-state index in [1.165, 1.54) is 12.1 Å². The van der Waals surface area contributed by atoms with Crippen LogP contribution in [0.4, 0.5) is 8.78 Å². The number of hydrogen-bond acceptors (Lipinski definition) is 3. The van der Waals surface area contributed by atoms with Crippen molar-refractivity contribution in [3.8, 4) is 11.5 Å². The first-order valence-corrected chi connectivity index (χ1v) is 11.3. The zero-order chi connectivity index (χ0) is 23.7. The Balaban J connectivity index is 1.61. The molecule has 0 fully saturated rings. The minimum Gasteiger partial charge on any atom is -0.496 e. The van der Waals surface area contributed by atoms with Gasteiger partial charge in [-0.25, -0.2) is 8.78 Å². The molecule has 0 aliphatic heterocycles. The van der Waals surface area contributed by atoms with E-state index in [0.717, 1.165) is 59.0 Å². The summed E-state index contributed by atoms with van der Waals surface area (Å²) in [6.45, 7) is 7.09. The second kappa shape index (κ2) is 9.43. The quantitative estimate of drug-likeness (QED) is 0.329. The molecular formula is C26H31F2N3O2. The van der Waals surface area contributed by atoms with Crippen molar-refractivity contribution in [1.82, 2.24) is 14.0 Å². The number of methoxy groups -OCH3 is 2. The molecule has 0 unspecified atom stereocenters. The van der Waals surface area contributed by atoms with E-state index in [1.807, 2.05) is 13.8 Å². The maximum Gasteiger partial charge on any atom is 0.131 e. The van der Waals surface area contributed by atoms with Crippen molar-refractivity contribution in [1.29, 1.82) is 0 Å². The monoisotopic (exact) mass is 455 g/mol. The van der Waals surface area contributed by atoms with Crippen LogP contribution in [0.1, 0.15) is 25.0 Å². The molecule has 0 amide bonds. The van der Waals surface area contributed by atoms with Crippen LogP contribution < -0.4 is 9.47 Å². The molecule has 0 N–H and O–H groups in total. The summed E-state index contributed by atoms with van der Waals surface area (Å²) >= 11 is 0. The van der Waals surface area contributed by atoms with Gasteiger partial charge >= 0.3 is 0 Å². The van der Waals surface area contributed by atoms with Gasteiger partial charge in [0, 0.05) is 61.5 Å². The van der Waals surface area contributed by atoms with Gasteiger partial charge in [-0.1, -0.05) is 0 Å². The number of likely N-dealkylation sites (N-methyl/N-ethyl adjacent to an activating group) is 1. The molecule has 0 spiro atoms. The van der Waals surface area contributed by atoms with E-state index >= 15 is 0 Å². The van der Waals surface area contributed by atoms with Crippen LogP contribution >= 0.6 is 0 Å². The number of aryl methyl sites for hydroxylation is 2. The molecule has 4 rings (SSSR count). The summed E-state index contributed by atoms with van der Waals surface area (Å²) in [6.07, 6.45) is 4.97. The number of aromatic nitrogens is 2. The average molecular weight is 456 g/mol. The summed E-state index contributed by atoms with van der Waals surface area (Å²) in [5, 5.41) is 1.92. The maximum atomic E-state index is 14.1. The van der Waals surface area contributed by atoms with Gasteiger partial charge in [-0.15, -0.1) is 0 Å². The predicted molar refractivity (Wildman–Crippen MR) is 128 cm³/mol. The molecule has 0 aliphatic rings. The zero-order valence-corrected chi connectivity index (χ0v) is 19.9. The van der Waals surface area contributed by atoms with Gasteiger partial charge in [0.2, 0.25) is 0 Å². The summed E-state index contributed by atoms with van der Waals surface area (Å²) < 4.78 is 43.3. The van der Waals surface area contributed by atoms with Gasteiger partial charge in [-0.3, -0.25) is 0 Å². The lowest BCUT2D eigenvalue weighted by atomic mass is 10.1. The largest absolute Gasteiger partial charge is 0.496 e. The minimum atomic E-state index is -0.301. The first-order chi connectivity index (χ1) is 15.9. The third-order valence-electron chi connectivity index (χ3n) is 6.30. The standard InChI is InChI=1S/C26H31F2N3O2/c1-6-30-15-17(25-21(30)10-19(27)12-23(25)32-4)8-9-29(3)14-18-16-31(7-2)22-11-20(28)13-24(33-5)26(18)22/h10-13,15-16H,6-9,14H2,1-5H3. The van der Waals surface area contributed by atoms with Crippen LogP contribution in [0.5, 0.6) is 11.5 Å². The van der Waals surface area contributed by atoms with Crippen molar-refractivity contribution < 1.29 is 18.3 Å². The Labute approximate surface area is 193 Å². The second-order valence-electron chi connectivity index (χ2n) is 8.37. The van der Waals surface area contributed by atoms with E-state index in [4.69, 9.17) is 9.47 Å². The number of halogens is 2. The molecule has 2 aromatic carbocycles. The smallest absolute Gasteiger partial charge is 0.131 e. The molecule has 7 heteroatoms. The Kier molecular flexibility index (Phi) is 6.61. The molecule has 0 saturated heterocycles. The summed E-state index contributed by atoms with van der Waals surface area (Å²) in [7, 11) is 5.22. The highest BCUT2D eigenvalue weighted by molar-refractivity contribution is 5.91. The topological polar surface area (TPSA) is 31.6 Å². The number of fused-ring (bicyclic) bond motifs is 2. The van der Waals surface area contributed by atoms with Crippen LogP contribution in [-0.2, 0) is 26.1 Å².